The van der Waals surface area contributed by atoms with Crippen molar-refractivity contribution in [2.45, 2.75) is 19.9 Å². The highest BCUT2D eigenvalue weighted by atomic mass is 79.9. The normalized spacial score (nSPS) is 11.9. The van der Waals surface area contributed by atoms with Crippen molar-refractivity contribution in [3.05, 3.63) is 68.6 Å². The summed E-state index contributed by atoms with van der Waals surface area (Å²) in [6, 6.07) is 16.4. The van der Waals surface area contributed by atoms with E-state index in [-0.39, 0.29) is 4.58 Å². The third-order valence-electron chi connectivity index (χ3n) is 2.90. The summed E-state index contributed by atoms with van der Waals surface area (Å²) in [7, 11) is 0. The second-order valence-corrected chi connectivity index (χ2v) is 11.4. The van der Waals surface area contributed by atoms with Gasteiger partial charge in [-0.15, -0.1) is 23.5 Å². The van der Waals surface area contributed by atoms with E-state index in [0.29, 0.717) is 0 Å². The summed E-state index contributed by atoms with van der Waals surface area (Å²) < 4.78 is 0.683. The lowest BCUT2D eigenvalue weighted by atomic mass is 10.2. The molecule has 2 aromatic carbocycles. The van der Waals surface area contributed by atoms with Gasteiger partial charge in [0, 0.05) is 20.5 Å². The van der Waals surface area contributed by atoms with Gasteiger partial charge in [-0.25, -0.2) is 0 Å². The van der Waals surface area contributed by atoms with Crippen molar-refractivity contribution in [3.63, 3.8) is 0 Å². The van der Waals surface area contributed by atoms with Gasteiger partial charge in [0.15, 0.2) is 0 Å². The van der Waals surface area contributed by atoms with E-state index in [1.165, 1.54) is 11.1 Å². The van der Waals surface area contributed by atoms with Crippen LogP contribution in [0.4, 0.5) is 0 Å². The largest absolute Gasteiger partial charge is 0.211 e. The highest BCUT2D eigenvalue weighted by molar-refractivity contribution is 9.10. The van der Waals surface area contributed by atoms with Crippen molar-refractivity contribution >= 4 is 90.2 Å². The highest BCUT2D eigenvalue weighted by Gasteiger charge is 2.33. The zero-order valence-corrected chi connectivity index (χ0v) is 18.9. The fourth-order valence-corrected chi connectivity index (χ4v) is 5.65. The summed E-state index contributed by atoms with van der Waals surface area (Å²) in [6.07, 6.45) is 0. The average molecular weight is 536 g/mol. The molecule has 0 saturated heterocycles. The molecule has 0 spiro atoms. The van der Waals surface area contributed by atoms with Gasteiger partial charge in [0.25, 0.3) is 0 Å². The van der Waals surface area contributed by atoms with Crippen LogP contribution in [-0.2, 0) is 11.5 Å². The van der Waals surface area contributed by atoms with Crippen LogP contribution in [0.15, 0.2) is 57.5 Å². The lowest BCUT2D eigenvalue weighted by molar-refractivity contribution is 1.20. The molecular weight excluding hydrogens is 522 g/mol. The number of benzene rings is 2. The molecule has 2 rings (SSSR count). The summed E-state index contributed by atoms with van der Waals surface area (Å²) in [4.78, 5) is 0. The number of alkyl halides is 3. The maximum atomic E-state index is 6.16. The molecular formula is C16H13Br2Cl3S2. The molecule has 0 amide bonds. The number of rotatable bonds is 6. The lowest BCUT2D eigenvalue weighted by Crippen LogP contribution is -2.19. The third kappa shape index (κ3) is 7.39. The van der Waals surface area contributed by atoms with Crippen molar-refractivity contribution in [2.75, 3.05) is 0 Å². The fraction of sp³-hybridized carbons (Fsp3) is 0.250. The van der Waals surface area contributed by atoms with Crippen LogP contribution in [0.3, 0.4) is 0 Å². The SMILES string of the molecule is ClC(Cl)(Cl)C(SCc1ccc(Br)cc1)SCc1ccc(Br)cc1. The van der Waals surface area contributed by atoms with Crippen LogP contribution in [0.1, 0.15) is 11.1 Å². The first kappa shape index (κ1) is 20.3. The molecule has 0 aliphatic rings. The number of halogens is 5. The minimum atomic E-state index is -1.31. The molecule has 0 aliphatic carbocycles. The van der Waals surface area contributed by atoms with Crippen LogP contribution >= 0.6 is 90.2 Å². The first-order valence-corrected chi connectivity index (χ1v) is 11.4. The van der Waals surface area contributed by atoms with E-state index in [9.17, 15) is 0 Å². The smallest absolute Gasteiger partial charge is 0.138 e. The summed E-state index contributed by atoms with van der Waals surface area (Å²) in [5.74, 6) is 1.61. The summed E-state index contributed by atoms with van der Waals surface area (Å²) in [5.41, 5.74) is 2.42. The fourth-order valence-electron chi connectivity index (χ4n) is 1.74. The van der Waals surface area contributed by atoms with Crippen molar-refractivity contribution in [2.24, 2.45) is 0 Å². The van der Waals surface area contributed by atoms with Gasteiger partial charge in [-0.1, -0.05) is 90.9 Å². The molecule has 0 N–H and O–H groups in total. The second-order valence-electron chi connectivity index (χ2n) is 4.75. The zero-order valence-electron chi connectivity index (χ0n) is 11.8. The molecule has 0 fully saturated rings. The van der Waals surface area contributed by atoms with Crippen molar-refractivity contribution in [1.82, 2.24) is 0 Å². The Balaban J connectivity index is 1.94. The first-order chi connectivity index (χ1) is 10.8. The van der Waals surface area contributed by atoms with Crippen LogP contribution in [0.5, 0.6) is 0 Å². The number of hydrogen-bond donors (Lipinski definition) is 0. The van der Waals surface area contributed by atoms with Crippen molar-refractivity contribution < 1.29 is 0 Å². The molecule has 0 nitrogen and oxygen atoms in total. The summed E-state index contributed by atoms with van der Waals surface area (Å²) in [5, 5.41) is 0. The van der Waals surface area contributed by atoms with E-state index in [0.717, 1.165) is 20.5 Å². The van der Waals surface area contributed by atoms with Gasteiger partial charge in [-0.3, -0.25) is 0 Å². The minimum Gasteiger partial charge on any atom is -0.138 e. The maximum absolute atomic E-state index is 6.16. The van der Waals surface area contributed by atoms with Crippen LogP contribution in [-0.4, -0.2) is 8.37 Å². The number of thioether (sulfide) groups is 2. The molecule has 0 saturated carbocycles. The third-order valence-corrected chi connectivity index (χ3v) is 8.51. The summed E-state index contributed by atoms with van der Waals surface area (Å²) in [6.45, 7) is 0. The molecule has 0 unspecified atom stereocenters. The van der Waals surface area contributed by atoms with Gasteiger partial charge in [-0.2, -0.15) is 0 Å². The van der Waals surface area contributed by atoms with Gasteiger partial charge >= 0.3 is 0 Å². The van der Waals surface area contributed by atoms with Crippen LogP contribution in [0.2, 0.25) is 0 Å². The molecule has 124 valence electrons. The molecule has 7 heteroatoms. The molecule has 0 aliphatic heterocycles. The standard InChI is InChI=1S/C16H13Br2Cl3S2/c17-13-5-1-11(2-6-13)9-22-15(16(19,20)21)23-10-12-3-7-14(18)8-4-12/h1-8,15H,9-10H2. The monoisotopic (exact) mass is 532 g/mol. The van der Waals surface area contributed by atoms with Crippen molar-refractivity contribution in [3.8, 4) is 0 Å². The van der Waals surface area contributed by atoms with Gasteiger partial charge in [0.05, 0.1) is 4.58 Å². The summed E-state index contributed by atoms with van der Waals surface area (Å²) >= 11 is 28.6. The average Bonchev–Trinajstić information content (AvgIpc) is 2.49. The molecule has 0 bridgehead atoms. The van der Waals surface area contributed by atoms with Crippen LogP contribution in [0.25, 0.3) is 0 Å². The predicted molar refractivity (Wildman–Crippen MR) is 115 cm³/mol. The van der Waals surface area contributed by atoms with Gasteiger partial charge in [0.2, 0.25) is 3.79 Å². The molecule has 0 radical (unpaired) electrons. The van der Waals surface area contributed by atoms with E-state index < -0.39 is 3.79 Å². The predicted octanol–water partition coefficient (Wildman–Crippen LogP) is 8.07. The Morgan fingerprint density at radius 1 is 0.739 bits per heavy atom. The van der Waals surface area contributed by atoms with E-state index in [4.69, 9.17) is 34.8 Å². The maximum Gasteiger partial charge on any atom is 0.211 e. The minimum absolute atomic E-state index is 0.139. The molecule has 0 atom stereocenters. The Morgan fingerprint density at radius 2 is 1.09 bits per heavy atom. The van der Waals surface area contributed by atoms with E-state index in [1.54, 1.807) is 23.5 Å². The zero-order chi connectivity index (χ0) is 16.9. The van der Waals surface area contributed by atoms with Gasteiger partial charge < -0.3 is 0 Å². The molecule has 0 aromatic heterocycles. The van der Waals surface area contributed by atoms with Gasteiger partial charge in [0.1, 0.15) is 0 Å². The molecule has 0 heterocycles. The Kier molecular flexibility index (Phi) is 8.47. The van der Waals surface area contributed by atoms with E-state index in [1.807, 2.05) is 24.3 Å². The van der Waals surface area contributed by atoms with Crippen molar-refractivity contribution in [1.29, 1.82) is 0 Å². The Morgan fingerprint density at radius 3 is 1.39 bits per heavy atom. The highest BCUT2D eigenvalue weighted by Crippen LogP contribution is 2.45. The number of hydrogen-bond acceptors (Lipinski definition) is 2. The Labute approximate surface area is 177 Å². The Bertz CT molecular complexity index is 563. The molecule has 2 aromatic rings. The van der Waals surface area contributed by atoms with E-state index >= 15 is 0 Å². The van der Waals surface area contributed by atoms with Crippen LogP contribution < -0.4 is 0 Å². The lowest BCUT2D eigenvalue weighted by Gasteiger charge is -2.23. The molecule has 23 heavy (non-hydrogen) atoms. The first-order valence-electron chi connectivity index (χ1n) is 6.63. The second kappa shape index (κ2) is 9.61. The quantitative estimate of drug-likeness (QED) is 0.271. The Hall–Kier alpha value is 0.970. The van der Waals surface area contributed by atoms with Gasteiger partial charge in [-0.05, 0) is 35.4 Å². The van der Waals surface area contributed by atoms with E-state index in [2.05, 4.69) is 56.1 Å². The van der Waals surface area contributed by atoms with Crippen LogP contribution in [0, 0.1) is 0 Å². The topological polar surface area (TPSA) is 0 Å².